The number of amides is 1. The van der Waals surface area contributed by atoms with E-state index < -0.39 is 11.4 Å². The van der Waals surface area contributed by atoms with Gasteiger partial charge in [0.25, 0.3) is 0 Å². The molecule has 7 nitrogen and oxygen atoms in total. The van der Waals surface area contributed by atoms with Crippen LogP contribution in [0.4, 0.5) is 0 Å². The van der Waals surface area contributed by atoms with Crippen LogP contribution in [0.25, 0.3) is 0 Å². The first-order valence-electron chi connectivity index (χ1n) is 7.44. The van der Waals surface area contributed by atoms with E-state index in [1.165, 1.54) is 0 Å². The van der Waals surface area contributed by atoms with Crippen LogP contribution in [-0.2, 0) is 20.7 Å². The Morgan fingerprint density at radius 2 is 2.23 bits per heavy atom. The summed E-state index contributed by atoms with van der Waals surface area (Å²) in [4.78, 5) is 25.9. The molecule has 1 aromatic heterocycles. The minimum absolute atomic E-state index is 0.0792. The number of hydrogen-bond acceptors (Lipinski definition) is 5. The molecule has 0 bridgehead atoms. The number of nitrogens with zero attached hydrogens (tertiary/aromatic N) is 2. The fourth-order valence-electron chi connectivity index (χ4n) is 3.51. The Bertz CT molecular complexity index is 592. The van der Waals surface area contributed by atoms with Crippen molar-refractivity contribution in [1.29, 1.82) is 0 Å². The van der Waals surface area contributed by atoms with Crippen LogP contribution in [0.2, 0.25) is 0 Å². The van der Waals surface area contributed by atoms with Gasteiger partial charge in [-0.2, -0.15) is 0 Å². The van der Waals surface area contributed by atoms with Crippen LogP contribution < -0.4 is 0 Å². The molecule has 0 radical (unpaired) electrons. The number of carbonyl (C=O) groups excluding carboxylic acids is 1. The first kappa shape index (κ1) is 15.0. The summed E-state index contributed by atoms with van der Waals surface area (Å²) >= 11 is 0. The molecular weight excluding hydrogens is 288 g/mol. The van der Waals surface area contributed by atoms with Crippen molar-refractivity contribution in [2.24, 2.45) is 11.3 Å². The van der Waals surface area contributed by atoms with Crippen LogP contribution in [0.3, 0.4) is 0 Å². The fourth-order valence-corrected chi connectivity index (χ4v) is 3.51. The lowest BCUT2D eigenvalue weighted by Crippen LogP contribution is -2.45. The van der Waals surface area contributed by atoms with E-state index in [4.69, 9.17) is 9.26 Å². The highest BCUT2D eigenvalue weighted by molar-refractivity contribution is 5.82. The van der Waals surface area contributed by atoms with Gasteiger partial charge in [0.15, 0.2) is 0 Å². The van der Waals surface area contributed by atoms with Gasteiger partial charge in [0.1, 0.15) is 5.76 Å². The zero-order valence-electron chi connectivity index (χ0n) is 12.8. The van der Waals surface area contributed by atoms with Crippen LogP contribution >= 0.6 is 0 Å². The molecule has 22 heavy (non-hydrogen) atoms. The summed E-state index contributed by atoms with van der Waals surface area (Å²) in [5.41, 5.74) is 0.645. The minimum atomic E-state index is -0.855. The normalized spacial score (nSPS) is 27.7. The SMILES string of the molecule is Cc1noc(C)c1CC(=O)N1C[C@H]2COCC[C@@]2(C(=O)O)C1. The molecule has 2 aliphatic rings. The standard InChI is InChI=1S/C15H20N2O5/c1-9-12(10(2)22-16-9)5-13(18)17-6-11-7-21-4-3-15(11,8-17)14(19)20/h11H,3-8H2,1-2H3,(H,19,20)/t11-,15+/m0/s1. The largest absolute Gasteiger partial charge is 0.481 e. The number of likely N-dealkylation sites (tertiary alicyclic amines) is 1. The van der Waals surface area contributed by atoms with Gasteiger partial charge < -0.3 is 19.3 Å². The number of ether oxygens (including phenoxy) is 1. The Kier molecular flexibility index (Phi) is 3.68. The van der Waals surface area contributed by atoms with Crippen LogP contribution in [0.5, 0.6) is 0 Å². The molecule has 0 aliphatic carbocycles. The minimum Gasteiger partial charge on any atom is -0.481 e. The van der Waals surface area contributed by atoms with E-state index in [-0.39, 0.29) is 24.8 Å². The molecule has 0 spiro atoms. The molecule has 2 aliphatic heterocycles. The summed E-state index contributed by atoms with van der Waals surface area (Å²) in [6, 6.07) is 0. The molecule has 2 fully saturated rings. The Morgan fingerprint density at radius 1 is 1.45 bits per heavy atom. The van der Waals surface area contributed by atoms with Crippen molar-refractivity contribution >= 4 is 11.9 Å². The number of aryl methyl sites for hydroxylation is 2. The van der Waals surface area contributed by atoms with Gasteiger partial charge in [-0.15, -0.1) is 0 Å². The zero-order valence-corrected chi connectivity index (χ0v) is 12.8. The zero-order chi connectivity index (χ0) is 15.9. The van der Waals surface area contributed by atoms with Gasteiger partial charge in [0.05, 0.1) is 24.1 Å². The van der Waals surface area contributed by atoms with Gasteiger partial charge in [-0.3, -0.25) is 9.59 Å². The first-order chi connectivity index (χ1) is 10.4. The van der Waals surface area contributed by atoms with E-state index >= 15 is 0 Å². The number of aliphatic carboxylic acids is 1. The lowest BCUT2D eigenvalue weighted by molar-refractivity contribution is -0.157. The molecule has 3 heterocycles. The summed E-state index contributed by atoms with van der Waals surface area (Å²) in [5, 5.41) is 13.5. The average Bonchev–Trinajstić information content (AvgIpc) is 3.03. The predicted molar refractivity (Wildman–Crippen MR) is 75.3 cm³/mol. The maximum Gasteiger partial charge on any atom is 0.311 e. The Balaban J connectivity index is 1.76. The summed E-state index contributed by atoms with van der Waals surface area (Å²) < 4.78 is 10.5. The molecule has 2 atom stereocenters. The van der Waals surface area contributed by atoms with Crippen molar-refractivity contribution < 1.29 is 24.0 Å². The van der Waals surface area contributed by atoms with Crippen molar-refractivity contribution in [3.05, 3.63) is 17.0 Å². The van der Waals surface area contributed by atoms with Crippen molar-refractivity contribution in [1.82, 2.24) is 10.1 Å². The lowest BCUT2D eigenvalue weighted by Gasteiger charge is -2.33. The molecular formula is C15H20N2O5. The number of fused-ring (bicyclic) bond motifs is 1. The van der Waals surface area contributed by atoms with E-state index in [2.05, 4.69) is 5.16 Å². The first-order valence-corrected chi connectivity index (χ1v) is 7.44. The van der Waals surface area contributed by atoms with Crippen molar-refractivity contribution in [3.63, 3.8) is 0 Å². The number of carbonyl (C=O) groups is 2. The highest BCUT2D eigenvalue weighted by Crippen LogP contribution is 2.42. The smallest absolute Gasteiger partial charge is 0.311 e. The van der Waals surface area contributed by atoms with E-state index in [1.54, 1.807) is 18.7 Å². The van der Waals surface area contributed by atoms with Gasteiger partial charge >= 0.3 is 5.97 Å². The molecule has 1 N–H and O–H groups in total. The topological polar surface area (TPSA) is 92.9 Å². The highest BCUT2D eigenvalue weighted by Gasteiger charge is 2.54. The molecule has 0 saturated carbocycles. The molecule has 2 saturated heterocycles. The van der Waals surface area contributed by atoms with Crippen molar-refractivity contribution in [2.75, 3.05) is 26.3 Å². The summed E-state index contributed by atoms with van der Waals surface area (Å²) in [6.45, 7) is 5.12. The number of carboxylic acids is 1. The Labute approximate surface area is 128 Å². The van der Waals surface area contributed by atoms with Gasteiger partial charge in [-0.25, -0.2) is 0 Å². The van der Waals surface area contributed by atoms with Gasteiger partial charge in [0, 0.05) is 31.2 Å². The molecule has 0 aromatic carbocycles. The third-order valence-corrected chi connectivity index (χ3v) is 4.99. The van der Waals surface area contributed by atoms with Crippen LogP contribution in [0, 0.1) is 25.2 Å². The van der Waals surface area contributed by atoms with E-state index in [0.717, 1.165) is 5.56 Å². The molecule has 7 heteroatoms. The fraction of sp³-hybridized carbons (Fsp3) is 0.667. The van der Waals surface area contributed by atoms with E-state index in [0.29, 0.717) is 37.6 Å². The average molecular weight is 308 g/mol. The molecule has 3 rings (SSSR count). The van der Waals surface area contributed by atoms with Crippen molar-refractivity contribution in [3.8, 4) is 0 Å². The molecule has 120 valence electrons. The number of rotatable bonds is 3. The van der Waals surface area contributed by atoms with Crippen molar-refractivity contribution in [2.45, 2.75) is 26.7 Å². The highest BCUT2D eigenvalue weighted by atomic mass is 16.5. The van der Waals surface area contributed by atoms with Crippen LogP contribution in [0.15, 0.2) is 4.52 Å². The van der Waals surface area contributed by atoms with Crippen LogP contribution in [-0.4, -0.2) is 53.3 Å². The van der Waals surface area contributed by atoms with Gasteiger partial charge in [-0.05, 0) is 20.3 Å². The lowest BCUT2D eigenvalue weighted by atomic mass is 9.74. The Hall–Kier alpha value is -1.89. The number of carboxylic acid groups (broad SMARTS) is 1. The van der Waals surface area contributed by atoms with Gasteiger partial charge in [0.2, 0.25) is 5.91 Å². The second-order valence-corrected chi connectivity index (χ2v) is 6.24. The quantitative estimate of drug-likeness (QED) is 0.887. The second-order valence-electron chi connectivity index (χ2n) is 6.24. The monoisotopic (exact) mass is 308 g/mol. The van der Waals surface area contributed by atoms with E-state index in [9.17, 15) is 14.7 Å². The van der Waals surface area contributed by atoms with Crippen LogP contribution in [0.1, 0.15) is 23.4 Å². The summed E-state index contributed by atoms with van der Waals surface area (Å²) in [6.07, 6.45) is 0.659. The van der Waals surface area contributed by atoms with Gasteiger partial charge in [-0.1, -0.05) is 5.16 Å². The Morgan fingerprint density at radius 3 is 2.82 bits per heavy atom. The maximum absolute atomic E-state index is 12.5. The molecule has 1 aromatic rings. The molecule has 1 amide bonds. The maximum atomic E-state index is 12.5. The third kappa shape index (κ3) is 2.29. The van der Waals surface area contributed by atoms with E-state index in [1.807, 2.05) is 0 Å². The number of aromatic nitrogens is 1. The summed E-state index contributed by atoms with van der Waals surface area (Å²) in [5.74, 6) is -0.399. The predicted octanol–water partition coefficient (Wildman–Crippen LogP) is 0.784. The molecule has 0 unspecified atom stereocenters. The summed E-state index contributed by atoms with van der Waals surface area (Å²) in [7, 11) is 0. The second kappa shape index (κ2) is 5.39. The third-order valence-electron chi connectivity index (χ3n) is 4.99. The number of hydrogen-bond donors (Lipinski definition) is 1.